The largest absolute Gasteiger partial charge is 0.377 e. The zero-order valence-electron chi connectivity index (χ0n) is 25.4. The number of alkyl halides is 4. The Labute approximate surface area is 274 Å². The van der Waals surface area contributed by atoms with Crippen LogP contribution in [0.2, 0.25) is 0 Å². The van der Waals surface area contributed by atoms with E-state index in [-0.39, 0.29) is 46.8 Å². The fourth-order valence-corrected chi connectivity index (χ4v) is 7.33. The molecular formula is C35H25F7N6O. The number of carbonyl (C=O) groups excluding carboxylic acids is 1. The number of amides is 1. The van der Waals surface area contributed by atoms with Crippen LogP contribution in [-0.2, 0) is 23.7 Å². The quantitative estimate of drug-likeness (QED) is 0.189. The van der Waals surface area contributed by atoms with Gasteiger partial charge in [0.15, 0.2) is 0 Å². The van der Waals surface area contributed by atoms with E-state index in [2.05, 4.69) is 15.7 Å². The van der Waals surface area contributed by atoms with Crippen molar-refractivity contribution < 1.29 is 35.5 Å². The van der Waals surface area contributed by atoms with Crippen molar-refractivity contribution >= 4 is 17.7 Å². The van der Waals surface area contributed by atoms with E-state index in [1.807, 2.05) is 6.08 Å². The monoisotopic (exact) mass is 678 g/mol. The molecule has 1 aliphatic heterocycles. The van der Waals surface area contributed by atoms with E-state index in [9.17, 15) is 32.0 Å². The lowest BCUT2D eigenvalue weighted by Gasteiger charge is -2.36. The van der Waals surface area contributed by atoms with Crippen molar-refractivity contribution in [3.8, 4) is 17.2 Å². The maximum atomic E-state index is 15.2. The molecule has 250 valence electrons. The first kappa shape index (κ1) is 31.1. The minimum Gasteiger partial charge on any atom is -0.377 e. The predicted octanol–water partition coefficient (Wildman–Crippen LogP) is 7.45. The number of carbonyl (C=O) groups is 1. The molecule has 8 rings (SSSR count). The van der Waals surface area contributed by atoms with Gasteiger partial charge < -0.3 is 10.6 Å². The Bertz CT molecular complexity index is 2120. The van der Waals surface area contributed by atoms with Gasteiger partial charge in [-0.3, -0.25) is 9.48 Å². The number of pyridine rings is 1. The summed E-state index contributed by atoms with van der Waals surface area (Å²) in [5.41, 5.74) is 1.15. The van der Waals surface area contributed by atoms with Gasteiger partial charge in [0.1, 0.15) is 41.5 Å². The predicted molar refractivity (Wildman–Crippen MR) is 162 cm³/mol. The van der Waals surface area contributed by atoms with Crippen molar-refractivity contribution in [2.75, 3.05) is 5.32 Å². The first-order valence-corrected chi connectivity index (χ1v) is 15.6. The fourth-order valence-electron chi connectivity index (χ4n) is 7.33. The summed E-state index contributed by atoms with van der Waals surface area (Å²) in [6.07, 6.45) is 0.294. The highest BCUT2D eigenvalue weighted by molar-refractivity contribution is 5.81. The highest BCUT2D eigenvalue weighted by Gasteiger charge is 2.67. The molecule has 2 fully saturated rings. The number of nitriles is 1. The topological polar surface area (TPSA) is 95.6 Å². The molecule has 2 aromatic heterocycles. The summed E-state index contributed by atoms with van der Waals surface area (Å²) >= 11 is 0. The maximum Gasteiger partial charge on any atom is 0.293 e. The molecule has 0 spiro atoms. The molecule has 4 aliphatic rings. The van der Waals surface area contributed by atoms with Crippen molar-refractivity contribution in [3.63, 3.8) is 0 Å². The molecule has 3 unspecified atom stereocenters. The number of nitrogens with one attached hydrogen (secondary N) is 2. The third-order valence-corrected chi connectivity index (χ3v) is 9.79. The van der Waals surface area contributed by atoms with E-state index in [4.69, 9.17) is 4.98 Å². The Morgan fingerprint density at radius 1 is 1.10 bits per heavy atom. The van der Waals surface area contributed by atoms with E-state index in [1.54, 1.807) is 12.1 Å². The highest BCUT2D eigenvalue weighted by Crippen LogP contribution is 2.68. The normalized spacial score (nSPS) is 21.3. The van der Waals surface area contributed by atoms with Crippen LogP contribution in [0, 0.1) is 34.7 Å². The molecule has 0 saturated heterocycles. The molecule has 14 heteroatoms. The molecule has 7 nitrogen and oxygen atoms in total. The summed E-state index contributed by atoms with van der Waals surface area (Å²) in [7, 11) is 0. The third kappa shape index (κ3) is 5.23. The third-order valence-electron chi connectivity index (χ3n) is 9.79. The van der Waals surface area contributed by atoms with Gasteiger partial charge in [0, 0.05) is 29.2 Å². The van der Waals surface area contributed by atoms with Gasteiger partial charge in [-0.25, -0.2) is 26.9 Å². The number of benzene rings is 2. The molecule has 2 saturated carbocycles. The number of nitrogens with zero attached hydrogens (tertiary/aromatic N) is 4. The van der Waals surface area contributed by atoms with E-state index >= 15 is 8.78 Å². The number of hydrogen-bond donors (Lipinski definition) is 2. The van der Waals surface area contributed by atoms with Gasteiger partial charge in [0.05, 0.1) is 28.7 Å². The minimum absolute atomic E-state index is 0.0539. The molecule has 0 bridgehead atoms. The van der Waals surface area contributed by atoms with Crippen molar-refractivity contribution in [3.05, 3.63) is 105 Å². The molecule has 2 N–H and O–H groups in total. The number of rotatable bonds is 8. The van der Waals surface area contributed by atoms with Crippen LogP contribution in [0.4, 0.5) is 36.4 Å². The summed E-state index contributed by atoms with van der Waals surface area (Å²) < 4.78 is 102. The molecule has 2 aromatic carbocycles. The van der Waals surface area contributed by atoms with E-state index in [0.717, 1.165) is 36.6 Å². The van der Waals surface area contributed by atoms with Crippen molar-refractivity contribution in [1.82, 2.24) is 20.1 Å². The van der Waals surface area contributed by atoms with Crippen LogP contribution < -0.4 is 10.6 Å². The summed E-state index contributed by atoms with van der Waals surface area (Å²) in [5.74, 6) is -8.82. The lowest BCUT2D eigenvalue weighted by Crippen LogP contribution is -2.36. The number of hydrogen-bond acceptors (Lipinski definition) is 5. The van der Waals surface area contributed by atoms with Gasteiger partial charge in [0.25, 0.3) is 12.3 Å². The fraction of sp³-hybridized carbons (Fsp3) is 0.314. The SMILES string of the molecule is N#Cc1ccc(-c2cc3c(nc2C(Cc2cc(F)cc(F)c2)NC(=O)Cn2nc(C(F)F)c4c2C(F)(F)C2CC42)C=C2CC[C@H]2N3)cc1F. The van der Waals surface area contributed by atoms with Crippen LogP contribution in [-0.4, -0.2) is 26.7 Å². The highest BCUT2D eigenvalue weighted by atomic mass is 19.3. The van der Waals surface area contributed by atoms with Gasteiger partial charge in [-0.2, -0.15) is 19.1 Å². The first-order valence-electron chi connectivity index (χ1n) is 15.6. The smallest absolute Gasteiger partial charge is 0.293 e. The average molecular weight is 679 g/mol. The Kier molecular flexibility index (Phi) is 7.10. The number of fused-ring (bicyclic) bond motifs is 5. The Morgan fingerprint density at radius 2 is 1.88 bits per heavy atom. The van der Waals surface area contributed by atoms with Gasteiger partial charge in [-0.15, -0.1) is 0 Å². The second kappa shape index (κ2) is 11.2. The second-order valence-electron chi connectivity index (χ2n) is 12.9. The Morgan fingerprint density at radius 3 is 2.55 bits per heavy atom. The lowest BCUT2D eigenvalue weighted by molar-refractivity contribution is -0.123. The lowest BCUT2D eigenvalue weighted by atomic mass is 9.82. The van der Waals surface area contributed by atoms with Crippen LogP contribution >= 0.6 is 0 Å². The summed E-state index contributed by atoms with van der Waals surface area (Å²) in [5, 5.41) is 19.1. The second-order valence-corrected chi connectivity index (χ2v) is 12.9. The molecule has 4 atom stereocenters. The number of halogens is 7. The van der Waals surface area contributed by atoms with Crippen molar-refractivity contribution in [2.45, 2.75) is 62.6 Å². The van der Waals surface area contributed by atoms with Crippen LogP contribution in [0.25, 0.3) is 17.2 Å². The summed E-state index contributed by atoms with van der Waals surface area (Å²) in [6.45, 7) is -0.850. The minimum atomic E-state index is -3.45. The van der Waals surface area contributed by atoms with Gasteiger partial charge in [-0.05, 0) is 84.7 Å². The van der Waals surface area contributed by atoms with Gasteiger partial charge >= 0.3 is 0 Å². The molecule has 3 heterocycles. The molecule has 4 aromatic rings. The van der Waals surface area contributed by atoms with Gasteiger partial charge in [-0.1, -0.05) is 6.07 Å². The standard InChI is InChI=1S/C35H25F7N6O/c36-19-5-15(6-20(37)10-19)7-28(45-29(49)14-48-33-30(32(47-48)34(39)40)22-11-23(22)35(33,41)42)31-21(16-1-2-18(13-43)24(38)8-16)12-27-26(46-31)9-17-3-4-25(17)44-27/h1-2,5-6,8-10,12,22-23,25,28,34,44H,3-4,7,11,14H2,(H,45,49)/t22?,23?,25-,28?/m1/s1. The van der Waals surface area contributed by atoms with Crippen LogP contribution in [0.5, 0.6) is 0 Å². The van der Waals surface area contributed by atoms with Gasteiger partial charge in [0.2, 0.25) is 5.91 Å². The van der Waals surface area contributed by atoms with E-state index in [1.165, 1.54) is 12.1 Å². The Balaban J connectivity index is 1.22. The van der Waals surface area contributed by atoms with Crippen LogP contribution in [0.15, 0.2) is 48.0 Å². The zero-order valence-corrected chi connectivity index (χ0v) is 25.4. The average Bonchev–Trinajstić information content (AvgIpc) is 3.69. The van der Waals surface area contributed by atoms with Crippen LogP contribution in [0.3, 0.4) is 0 Å². The van der Waals surface area contributed by atoms with Crippen LogP contribution in [0.1, 0.15) is 77.1 Å². The summed E-state index contributed by atoms with van der Waals surface area (Å²) in [6, 6.07) is 9.09. The van der Waals surface area contributed by atoms with Crippen molar-refractivity contribution in [1.29, 1.82) is 5.26 Å². The van der Waals surface area contributed by atoms with Crippen molar-refractivity contribution in [2.24, 2.45) is 5.92 Å². The molecular weight excluding hydrogens is 653 g/mol. The summed E-state index contributed by atoms with van der Waals surface area (Å²) in [4.78, 5) is 18.5. The molecule has 3 aliphatic carbocycles. The molecule has 0 radical (unpaired) electrons. The maximum absolute atomic E-state index is 15.2. The zero-order chi connectivity index (χ0) is 34.4. The van der Waals surface area contributed by atoms with E-state index in [0.29, 0.717) is 27.7 Å². The molecule has 1 amide bonds. The first-order chi connectivity index (χ1) is 23.4. The van der Waals surface area contributed by atoms with E-state index < -0.39 is 71.5 Å². The number of aromatic nitrogens is 3. The number of anilines is 1. The molecule has 49 heavy (non-hydrogen) atoms. The Hall–Kier alpha value is -5.19.